The van der Waals surface area contributed by atoms with E-state index in [4.69, 9.17) is 0 Å². The molecule has 1 aliphatic heterocycles. The third kappa shape index (κ3) is 5.30. The first-order chi connectivity index (χ1) is 14.7. The van der Waals surface area contributed by atoms with Crippen LogP contribution in [-0.4, -0.2) is 44.6 Å². The van der Waals surface area contributed by atoms with Crippen molar-refractivity contribution in [2.24, 2.45) is 0 Å². The number of anilines is 2. The van der Waals surface area contributed by atoms with Crippen LogP contribution in [0, 0.1) is 0 Å². The molecule has 0 bridgehead atoms. The fourth-order valence-electron chi connectivity index (χ4n) is 3.45. The largest absolute Gasteiger partial charge is 0.324 e. The lowest BCUT2D eigenvalue weighted by molar-refractivity contribution is -0.116. The molecular weight excluding hydrogens is 380 g/mol. The number of pyridine rings is 1. The van der Waals surface area contributed by atoms with E-state index in [-0.39, 0.29) is 18.4 Å². The van der Waals surface area contributed by atoms with Gasteiger partial charge in [0.25, 0.3) is 5.91 Å². The summed E-state index contributed by atoms with van der Waals surface area (Å²) in [4.78, 5) is 30.9. The van der Waals surface area contributed by atoms with Crippen LogP contribution < -0.4 is 10.6 Å². The number of hydrogen-bond donors (Lipinski definition) is 2. The summed E-state index contributed by atoms with van der Waals surface area (Å²) in [6, 6.07) is 13.1. The SMILES string of the molecule is O=C(Cn1cc(NC(=O)c2ccccn2)cn1)Nc1ccc(CN2CCCC2)cc1. The highest BCUT2D eigenvalue weighted by atomic mass is 16.2. The molecule has 4 rings (SSSR count). The van der Waals surface area contributed by atoms with Crippen molar-refractivity contribution in [3.05, 3.63) is 72.3 Å². The maximum absolute atomic E-state index is 12.3. The van der Waals surface area contributed by atoms with E-state index in [1.165, 1.54) is 29.3 Å². The van der Waals surface area contributed by atoms with Crippen molar-refractivity contribution >= 4 is 23.2 Å². The Hall–Kier alpha value is -3.52. The molecule has 8 nitrogen and oxygen atoms in total. The average molecular weight is 404 g/mol. The lowest BCUT2D eigenvalue weighted by atomic mass is 10.2. The molecule has 1 aromatic carbocycles. The molecule has 2 N–H and O–H groups in total. The highest BCUT2D eigenvalue weighted by Gasteiger charge is 2.12. The Bertz CT molecular complexity index is 994. The van der Waals surface area contributed by atoms with Gasteiger partial charge >= 0.3 is 0 Å². The smallest absolute Gasteiger partial charge is 0.274 e. The molecule has 0 atom stereocenters. The zero-order valence-electron chi connectivity index (χ0n) is 16.6. The van der Waals surface area contributed by atoms with Crippen molar-refractivity contribution in [2.75, 3.05) is 23.7 Å². The Morgan fingerprint density at radius 1 is 0.967 bits per heavy atom. The van der Waals surface area contributed by atoms with Crippen LogP contribution >= 0.6 is 0 Å². The number of benzene rings is 1. The van der Waals surface area contributed by atoms with Crippen molar-refractivity contribution < 1.29 is 9.59 Å². The van der Waals surface area contributed by atoms with E-state index in [2.05, 4.69) is 25.6 Å². The average Bonchev–Trinajstić information content (AvgIpc) is 3.42. The third-order valence-electron chi connectivity index (χ3n) is 4.94. The molecule has 8 heteroatoms. The van der Waals surface area contributed by atoms with Gasteiger partial charge in [0.05, 0.1) is 11.9 Å². The molecule has 3 heterocycles. The minimum atomic E-state index is -0.325. The van der Waals surface area contributed by atoms with Crippen molar-refractivity contribution in [1.29, 1.82) is 0 Å². The molecule has 0 unspecified atom stereocenters. The van der Waals surface area contributed by atoms with E-state index in [9.17, 15) is 9.59 Å². The molecule has 154 valence electrons. The molecule has 0 radical (unpaired) electrons. The lowest BCUT2D eigenvalue weighted by Crippen LogP contribution is -2.19. The quantitative estimate of drug-likeness (QED) is 0.632. The van der Waals surface area contributed by atoms with E-state index < -0.39 is 0 Å². The van der Waals surface area contributed by atoms with E-state index in [0.29, 0.717) is 11.4 Å². The van der Waals surface area contributed by atoms with Crippen LogP contribution in [0.25, 0.3) is 0 Å². The number of likely N-dealkylation sites (tertiary alicyclic amines) is 1. The molecule has 0 spiro atoms. The molecular formula is C22H24N6O2. The molecule has 0 saturated carbocycles. The Morgan fingerprint density at radius 3 is 2.50 bits per heavy atom. The summed E-state index contributed by atoms with van der Waals surface area (Å²) < 4.78 is 1.48. The lowest BCUT2D eigenvalue weighted by Gasteiger charge is -2.14. The van der Waals surface area contributed by atoms with Gasteiger partial charge in [-0.3, -0.25) is 24.2 Å². The number of carbonyl (C=O) groups excluding carboxylic acids is 2. The minimum Gasteiger partial charge on any atom is -0.324 e. The van der Waals surface area contributed by atoms with Crippen molar-refractivity contribution in [2.45, 2.75) is 25.9 Å². The molecule has 3 aromatic rings. The summed E-state index contributed by atoms with van der Waals surface area (Å²) >= 11 is 0. The Morgan fingerprint density at radius 2 is 1.77 bits per heavy atom. The molecule has 2 aromatic heterocycles. The van der Waals surface area contributed by atoms with Gasteiger partial charge in [-0.05, 0) is 55.8 Å². The maximum atomic E-state index is 12.3. The fraction of sp³-hybridized carbons (Fsp3) is 0.273. The summed E-state index contributed by atoms with van der Waals surface area (Å²) in [7, 11) is 0. The highest BCUT2D eigenvalue weighted by Crippen LogP contribution is 2.15. The van der Waals surface area contributed by atoms with Crippen LogP contribution in [0.3, 0.4) is 0 Å². The minimum absolute atomic E-state index is 0.0506. The Balaban J connectivity index is 1.27. The topological polar surface area (TPSA) is 92.1 Å². The zero-order chi connectivity index (χ0) is 20.8. The first-order valence-electron chi connectivity index (χ1n) is 10.0. The first kappa shape index (κ1) is 19.8. The predicted molar refractivity (Wildman–Crippen MR) is 114 cm³/mol. The monoisotopic (exact) mass is 404 g/mol. The van der Waals surface area contributed by atoms with Crippen molar-refractivity contribution in [3.8, 4) is 0 Å². The van der Waals surface area contributed by atoms with E-state index >= 15 is 0 Å². The van der Waals surface area contributed by atoms with Gasteiger partial charge in [-0.25, -0.2) is 0 Å². The first-order valence-corrected chi connectivity index (χ1v) is 10.0. The molecule has 1 fully saturated rings. The standard InChI is InChI=1S/C22H24N6O2/c29-21(25-18-8-6-17(7-9-18)14-27-11-3-4-12-27)16-28-15-19(13-24-28)26-22(30)20-5-1-2-10-23-20/h1-2,5-10,13,15H,3-4,11-12,14,16H2,(H,25,29)(H,26,30). The molecule has 30 heavy (non-hydrogen) atoms. The summed E-state index contributed by atoms with van der Waals surface area (Å²) in [6.07, 6.45) is 7.22. The summed E-state index contributed by atoms with van der Waals surface area (Å²) in [6.45, 7) is 3.32. The van der Waals surface area contributed by atoms with Gasteiger partial charge in [0, 0.05) is 24.6 Å². The van der Waals surface area contributed by atoms with Crippen LogP contribution in [0.2, 0.25) is 0 Å². The Labute approximate surface area is 174 Å². The predicted octanol–water partition coefficient (Wildman–Crippen LogP) is 2.76. The summed E-state index contributed by atoms with van der Waals surface area (Å²) in [5.74, 6) is -0.512. The molecule has 1 saturated heterocycles. The number of carbonyl (C=O) groups is 2. The van der Waals surface area contributed by atoms with Gasteiger partial charge in [-0.15, -0.1) is 0 Å². The number of nitrogens with zero attached hydrogens (tertiary/aromatic N) is 4. The van der Waals surface area contributed by atoms with Crippen LogP contribution in [0.5, 0.6) is 0 Å². The van der Waals surface area contributed by atoms with Crippen molar-refractivity contribution in [3.63, 3.8) is 0 Å². The van der Waals surface area contributed by atoms with Gasteiger partial charge in [-0.2, -0.15) is 5.10 Å². The summed E-state index contributed by atoms with van der Waals surface area (Å²) in [5.41, 5.74) is 2.82. The zero-order valence-corrected chi connectivity index (χ0v) is 16.6. The second-order valence-electron chi connectivity index (χ2n) is 7.32. The van der Waals surface area contributed by atoms with Crippen LogP contribution in [0.15, 0.2) is 61.1 Å². The van der Waals surface area contributed by atoms with Gasteiger partial charge < -0.3 is 10.6 Å². The number of amides is 2. The van der Waals surface area contributed by atoms with E-state index in [0.717, 1.165) is 25.3 Å². The van der Waals surface area contributed by atoms with Crippen LogP contribution in [0.4, 0.5) is 11.4 Å². The van der Waals surface area contributed by atoms with Gasteiger partial charge in [0.2, 0.25) is 5.91 Å². The van der Waals surface area contributed by atoms with Crippen LogP contribution in [0.1, 0.15) is 28.9 Å². The van der Waals surface area contributed by atoms with E-state index in [1.807, 2.05) is 24.3 Å². The number of hydrogen-bond acceptors (Lipinski definition) is 5. The molecule has 2 amide bonds. The second-order valence-corrected chi connectivity index (χ2v) is 7.32. The maximum Gasteiger partial charge on any atom is 0.274 e. The molecule has 1 aliphatic rings. The van der Waals surface area contributed by atoms with E-state index in [1.54, 1.807) is 30.6 Å². The van der Waals surface area contributed by atoms with Gasteiger partial charge in [0.15, 0.2) is 0 Å². The van der Waals surface area contributed by atoms with Crippen LogP contribution in [-0.2, 0) is 17.9 Å². The van der Waals surface area contributed by atoms with Gasteiger partial charge in [-0.1, -0.05) is 18.2 Å². The van der Waals surface area contributed by atoms with Crippen molar-refractivity contribution in [1.82, 2.24) is 19.7 Å². The second kappa shape index (κ2) is 9.32. The third-order valence-corrected chi connectivity index (χ3v) is 4.94. The number of aromatic nitrogens is 3. The Kier molecular flexibility index (Phi) is 6.14. The normalized spacial score (nSPS) is 13.9. The molecule has 0 aliphatic carbocycles. The fourth-order valence-corrected chi connectivity index (χ4v) is 3.45. The highest BCUT2D eigenvalue weighted by molar-refractivity contribution is 6.02. The summed E-state index contributed by atoms with van der Waals surface area (Å²) in [5, 5.41) is 9.72. The number of nitrogens with one attached hydrogen (secondary N) is 2. The number of rotatable bonds is 7. The van der Waals surface area contributed by atoms with Gasteiger partial charge in [0.1, 0.15) is 12.2 Å².